The maximum atomic E-state index is 11.9. The molecule has 0 bridgehead atoms. The summed E-state index contributed by atoms with van der Waals surface area (Å²) >= 11 is 11.6. The summed E-state index contributed by atoms with van der Waals surface area (Å²) in [6.45, 7) is -0.114. The Kier molecular flexibility index (Phi) is 5.34. The molecule has 0 radical (unpaired) electrons. The summed E-state index contributed by atoms with van der Waals surface area (Å²) in [5, 5.41) is 3.18. The number of ether oxygens (including phenoxy) is 1. The van der Waals surface area contributed by atoms with Crippen molar-refractivity contribution in [3.05, 3.63) is 16.1 Å². The van der Waals surface area contributed by atoms with E-state index in [0.29, 0.717) is 10.8 Å². The monoisotopic (exact) mass is 302 g/mol. The van der Waals surface area contributed by atoms with Crippen LogP contribution in [0.1, 0.15) is 12.8 Å². The Bertz CT molecular complexity index is 413. The van der Waals surface area contributed by atoms with Gasteiger partial charge in [0.2, 0.25) is 5.88 Å². The lowest BCUT2D eigenvalue weighted by molar-refractivity contribution is -0.136. The first kappa shape index (κ1) is 15.2. The molecular formula is C10H11Cl2F3N2O. The number of hydrogen-bond donors (Lipinski definition) is 1. The molecule has 1 N–H and O–H groups in total. The van der Waals surface area contributed by atoms with Gasteiger partial charge in [0.15, 0.2) is 0 Å². The third-order valence-electron chi connectivity index (χ3n) is 1.98. The summed E-state index contributed by atoms with van der Waals surface area (Å²) < 4.78 is 40.8. The van der Waals surface area contributed by atoms with E-state index >= 15 is 0 Å². The van der Waals surface area contributed by atoms with Crippen LogP contribution in [0.25, 0.3) is 0 Å². The highest BCUT2D eigenvalue weighted by molar-refractivity contribution is 6.36. The number of pyridine rings is 1. The van der Waals surface area contributed by atoms with Gasteiger partial charge in [-0.2, -0.15) is 18.2 Å². The lowest BCUT2D eigenvalue weighted by Gasteiger charge is -2.10. The fourth-order valence-electron chi connectivity index (χ4n) is 1.17. The zero-order chi connectivity index (χ0) is 13.8. The van der Waals surface area contributed by atoms with E-state index < -0.39 is 12.6 Å². The zero-order valence-corrected chi connectivity index (χ0v) is 11.0. The molecule has 0 spiro atoms. The molecule has 0 aliphatic rings. The molecule has 0 amide bonds. The standard InChI is InChI=1S/C10H11Cl2F3N2O/c1-16-8-6(11)5-7(12)9(17-8)18-4-2-3-10(13,14)15/h5H,2-4H2,1H3,(H,16,17). The second kappa shape index (κ2) is 6.33. The molecule has 0 unspecified atom stereocenters. The van der Waals surface area contributed by atoms with Gasteiger partial charge in [-0.25, -0.2) is 0 Å². The number of halogens is 5. The summed E-state index contributed by atoms with van der Waals surface area (Å²) in [5.41, 5.74) is 0. The van der Waals surface area contributed by atoms with Gasteiger partial charge in [0, 0.05) is 13.5 Å². The highest BCUT2D eigenvalue weighted by atomic mass is 35.5. The normalized spacial score (nSPS) is 11.4. The minimum atomic E-state index is -4.18. The Morgan fingerprint density at radius 1 is 1.33 bits per heavy atom. The van der Waals surface area contributed by atoms with Gasteiger partial charge in [0.1, 0.15) is 10.8 Å². The van der Waals surface area contributed by atoms with Crippen molar-refractivity contribution in [2.75, 3.05) is 19.0 Å². The first-order valence-corrected chi connectivity index (χ1v) is 5.82. The molecule has 0 atom stereocenters. The van der Waals surface area contributed by atoms with Gasteiger partial charge >= 0.3 is 6.18 Å². The highest BCUT2D eigenvalue weighted by Gasteiger charge is 2.26. The van der Waals surface area contributed by atoms with Crippen molar-refractivity contribution < 1.29 is 17.9 Å². The van der Waals surface area contributed by atoms with Crippen LogP contribution in [-0.4, -0.2) is 24.8 Å². The van der Waals surface area contributed by atoms with E-state index in [1.807, 2.05) is 0 Å². The van der Waals surface area contributed by atoms with Crippen molar-refractivity contribution in [3.63, 3.8) is 0 Å². The van der Waals surface area contributed by atoms with Crippen LogP contribution in [0.2, 0.25) is 10.0 Å². The van der Waals surface area contributed by atoms with Gasteiger partial charge in [0.25, 0.3) is 0 Å². The lowest BCUT2D eigenvalue weighted by atomic mass is 10.3. The maximum absolute atomic E-state index is 11.9. The average molecular weight is 303 g/mol. The maximum Gasteiger partial charge on any atom is 0.389 e. The van der Waals surface area contributed by atoms with Crippen molar-refractivity contribution in [1.29, 1.82) is 0 Å². The van der Waals surface area contributed by atoms with E-state index in [1.54, 1.807) is 7.05 Å². The van der Waals surface area contributed by atoms with Gasteiger partial charge in [-0.05, 0) is 12.5 Å². The zero-order valence-electron chi connectivity index (χ0n) is 9.44. The minimum absolute atomic E-state index is 0.0626. The Morgan fingerprint density at radius 3 is 2.56 bits per heavy atom. The molecule has 18 heavy (non-hydrogen) atoms. The van der Waals surface area contributed by atoms with Gasteiger partial charge in [0.05, 0.1) is 11.6 Å². The molecule has 1 aromatic heterocycles. The van der Waals surface area contributed by atoms with Crippen molar-refractivity contribution >= 4 is 29.0 Å². The predicted molar refractivity (Wildman–Crippen MR) is 64.6 cm³/mol. The number of rotatable bonds is 5. The van der Waals surface area contributed by atoms with Crippen LogP contribution >= 0.6 is 23.2 Å². The molecule has 3 nitrogen and oxygen atoms in total. The molecule has 0 aliphatic heterocycles. The smallest absolute Gasteiger partial charge is 0.389 e. The summed E-state index contributed by atoms with van der Waals surface area (Å²) in [5.74, 6) is 0.416. The molecule has 8 heteroatoms. The number of nitrogens with zero attached hydrogens (tertiary/aromatic N) is 1. The SMILES string of the molecule is CNc1nc(OCCCC(F)(F)F)c(Cl)cc1Cl. The third kappa shape index (κ3) is 4.78. The topological polar surface area (TPSA) is 34.2 Å². The van der Waals surface area contributed by atoms with Crippen molar-refractivity contribution in [1.82, 2.24) is 4.98 Å². The third-order valence-corrected chi connectivity index (χ3v) is 2.54. The summed E-state index contributed by atoms with van der Waals surface area (Å²) in [4.78, 5) is 3.95. The quantitative estimate of drug-likeness (QED) is 0.830. The van der Waals surface area contributed by atoms with E-state index in [2.05, 4.69) is 10.3 Å². The molecule has 0 fully saturated rings. The van der Waals surface area contributed by atoms with Crippen LogP contribution in [0.15, 0.2) is 6.07 Å². The molecular weight excluding hydrogens is 292 g/mol. The molecule has 0 saturated carbocycles. The average Bonchev–Trinajstić information content (AvgIpc) is 2.25. The van der Waals surface area contributed by atoms with Crippen LogP contribution < -0.4 is 10.1 Å². The minimum Gasteiger partial charge on any atom is -0.477 e. The van der Waals surface area contributed by atoms with E-state index in [-0.39, 0.29) is 23.9 Å². The summed E-state index contributed by atoms with van der Waals surface area (Å²) in [6, 6.07) is 1.42. The van der Waals surface area contributed by atoms with Crippen molar-refractivity contribution in [2.45, 2.75) is 19.0 Å². The van der Waals surface area contributed by atoms with Crippen molar-refractivity contribution in [2.24, 2.45) is 0 Å². The number of anilines is 1. The van der Waals surface area contributed by atoms with Crippen LogP contribution in [0.3, 0.4) is 0 Å². The van der Waals surface area contributed by atoms with Crippen LogP contribution in [0, 0.1) is 0 Å². The molecule has 0 aliphatic carbocycles. The highest BCUT2D eigenvalue weighted by Crippen LogP contribution is 2.30. The Morgan fingerprint density at radius 2 is 2.00 bits per heavy atom. The Labute approximate surface area is 112 Å². The first-order chi connectivity index (χ1) is 8.33. The number of nitrogens with one attached hydrogen (secondary N) is 1. The second-order valence-electron chi connectivity index (χ2n) is 3.42. The van der Waals surface area contributed by atoms with Gasteiger partial charge in [-0.15, -0.1) is 0 Å². The Balaban J connectivity index is 2.57. The first-order valence-electron chi connectivity index (χ1n) is 5.07. The van der Waals surface area contributed by atoms with Gasteiger partial charge in [-0.1, -0.05) is 23.2 Å². The molecule has 102 valence electrons. The number of alkyl halides is 3. The van der Waals surface area contributed by atoms with Crippen LogP contribution in [0.4, 0.5) is 19.0 Å². The van der Waals surface area contributed by atoms with E-state index in [4.69, 9.17) is 27.9 Å². The van der Waals surface area contributed by atoms with Gasteiger partial charge < -0.3 is 10.1 Å². The molecule has 0 aromatic carbocycles. The molecule has 1 aromatic rings. The second-order valence-corrected chi connectivity index (χ2v) is 4.24. The van der Waals surface area contributed by atoms with E-state index in [0.717, 1.165) is 0 Å². The molecule has 0 saturated heterocycles. The lowest BCUT2D eigenvalue weighted by Crippen LogP contribution is -2.10. The van der Waals surface area contributed by atoms with E-state index in [1.165, 1.54) is 6.07 Å². The largest absolute Gasteiger partial charge is 0.477 e. The summed E-state index contributed by atoms with van der Waals surface area (Å²) in [6.07, 6.45) is -5.24. The summed E-state index contributed by atoms with van der Waals surface area (Å²) in [7, 11) is 1.61. The van der Waals surface area contributed by atoms with E-state index in [9.17, 15) is 13.2 Å². The molecule has 1 heterocycles. The van der Waals surface area contributed by atoms with Crippen molar-refractivity contribution in [3.8, 4) is 5.88 Å². The fraction of sp³-hybridized carbons (Fsp3) is 0.500. The fourth-order valence-corrected chi connectivity index (χ4v) is 1.68. The van der Waals surface area contributed by atoms with Crippen LogP contribution in [-0.2, 0) is 0 Å². The van der Waals surface area contributed by atoms with Crippen LogP contribution in [0.5, 0.6) is 5.88 Å². The predicted octanol–water partition coefficient (Wildman–Crippen LogP) is 4.15. The molecule has 1 rings (SSSR count). The number of aromatic nitrogens is 1. The number of hydrogen-bond acceptors (Lipinski definition) is 3. The Hall–Kier alpha value is -0.880. The van der Waals surface area contributed by atoms with Gasteiger partial charge in [-0.3, -0.25) is 0 Å².